The second-order valence-corrected chi connectivity index (χ2v) is 7.25. The van der Waals surface area contributed by atoms with Crippen LogP contribution in [-0.4, -0.2) is 56.1 Å². The van der Waals surface area contributed by atoms with Crippen molar-refractivity contribution in [1.29, 1.82) is 0 Å². The molecule has 1 amide bonds. The van der Waals surface area contributed by atoms with Gasteiger partial charge in [0, 0.05) is 20.1 Å². The maximum atomic E-state index is 13.2. The van der Waals surface area contributed by atoms with Crippen molar-refractivity contribution in [2.24, 2.45) is 0 Å². The predicted molar refractivity (Wildman–Crippen MR) is 111 cm³/mol. The quantitative estimate of drug-likeness (QED) is 0.738. The topological polar surface area (TPSA) is 42.0 Å². The molecule has 5 nitrogen and oxygen atoms in total. The Hall–Kier alpha value is -2.53. The molecule has 150 valence electrons. The average Bonchev–Trinajstić information content (AvgIpc) is 2.75. The summed E-state index contributed by atoms with van der Waals surface area (Å²) >= 11 is 0. The molecule has 0 aliphatic carbocycles. The number of amides is 1. The Morgan fingerprint density at radius 1 is 1.11 bits per heavy atom. The van der Waals surface area contributed by atoms with Gasteiger partial charge in [-0.05, 0) is 48.2 Å². The average molecular weight is 383 g/mol. The van der Waals surface area contributed by atoms with Crippen LogP contribution in [0.4, 0.5) is 0 Å². The first kappa shape index (κ1) is 20.2. The van der Waals surface area contributed by atoms with Gasteiger partial charge in [-0.25, -0.2) is 0 Å². The van der Waals surface area contributed by atoms with Gasteiger partial charge in [-0.3, -0.25) is 9.69 Å². The maximum Gasteiger partial charge on any atom is 0.240 e. The first-order chi connectivity index (χ1) is 13.6. The highest BCUT2D eigenvalue weighted by atomic mass is 16.5. The minimum absolute atomic E-state index is 0.0877. The third-order valence-electron chi connectivity index (χ3n) is 5.60. The zero-order chi connectivity index (χ0) is 20.1. The number of likely N-dealkylation sites (N-methyl/N-ethyl adjacent to an activating group) is 2. The summed E-state index contributed by atoms with van der Waals surface area (Å²) in [5, 5.41) is 0. The van der Waals surface area contributed by atoms with Crippen molar-refractivity contribution in [2.75, 3.05) is 34.4 Å². The molecule has 3 rings (SSSR count). The lowest BCUT2D eigenvalue weighted by Gasteiger charge is -2.37. The number of nitrogens with zero attached hydrogens (tertiary/aromatic N) is 2. The molecule has 0 N–H and O–H groups in total. The van der Waals surface area contributed by atoms with Gasteiger partial charge in [0.05, 0.1) is 20.3 Å². The van der Waals surface area contributed by atoms with Crippen LogP contribution in [0.5, 0.6) is 11.5 Å². The number of hydrogen-bond donors (Lipinski definition) is 0. The standard InChI is InChI=1S/C23H30N2O3/c1-5-25-16-19-9-7-6-8-18(19)15-20(25)23(26)24(2)13-12-17-10-11-21(27-3)22(14-17)28-4/h6-11,14,20H,5,12-13,15-16H2,1-4H3. The lowest BCUT2D eigenvalue weighted by atomic mass is 9.93. The van der Waals surface area contributed by atoms with Crippen LogP contribution in [0.2, 0.25) is 0 Å². The van der Waals surface area contributed by atoms with Crippen molar-refractivity contribution >= 4 is 5.91 Å². The molecule has 0 saturated carbocycles. The van der Waals surface area contributed by atoms with Crippen molar-refractivity contribution in [1.82, 2.24) is 9.80 Å². The smallest absolute Gasteiger partial charge is 0.240 e. The maximum absolute atomic E-state index is 13.2. The van der Waals surface area contributed by atoms with E-state index in [2.05, 4.69) is 36.1 Å². The highest BCUT2D eigenvalue weighted by Crippen LogP contribution is 2.28. The largest absolute Gasteiger partial charge is 0.493 e. The van der Waals surface area contributed by atoms with Crippen molar-refractivity contribution in [3.63, 3.8) is 0 Å². The first-order valence-electron chi connectivity index (χ1n) is 9.84. The highest BCUT2D eigenvalue weighted by molar-refractivity contribution is 5.82. The van der Waals surface area contributed by atoms with Gasteiger partial charge in [-0.1, -0.05) is 37.3 Å². The molecule has 0 fully saturated rings. The molecule has 2 aromatic carbocycles. The molecule has 0 saturated heterocycles. The summed E-state index contributed by atoms with van der Waals surface area (Å²) in [6.45, 7) is 4.50. The van der Waals surface area contributed by atoms with E-state index in [1.54, 1.807) is 14.2 Å². The molecule has 0 aromatic heterocycles. The van der Waals surface area contributed by atoms with Crippen LogP contribution in [0.25, 0.3) is 0 Å². The minimum atomic E-state index is -0.0877. The zero-order valence-corrected chi connectivity index (χ0v) is 17.3. The van der Waals surface area contributed by atoms with Gasteiger partial charge in [0.25, 0.3) is 0 Å². The van der Waals surface area contributed by atoms with Gasteiger partial charge in [-0.2, -0.15) is 0 Å². The second kappa shape index (κ2) is 9.11. The van der Waals surface area contributed by atoms with Gasteiger partial charge in [0.2, 0.25) is 5.91 Å². The number of methoxy groups -OCH3 is 2. The molecule has 2 aromatic rings. The fraction of sp³-hybridized carbons (Fsp3) is 0.435. The normalized spacial score (nSPS) is 16.4. The highest BCUT2D eigenvalue weighted by Gasteiger charge is 2.32. The number of carbonyl (C=O) groups excluding carboxylic acids is 1. The molecule has 5 heteroatoms. The lowest BCUT2D eigenvalue weighted by Crippen LogP contribution is -2.50. The van der Waals surface area contributed by atoms with Crippen LogP contribution in [0, 0.1) is 0 Å². The molecule has 1 aliphatic heterocycles. The molecule has 0 spiro atoms. The van der Waals surface area contributed by atoms with Crippen LogP contribution in [0.15, 0.2) is 42.5 Å². The molecule has 0 bridgehead atoms. The van der Waals surface area contributed by atoms with Crippen LogP contribution in [0.3, 0.4) is 0 Å². The van der Waals surface area contributed by atoms with E-state index in [0.29, 0.717) is 6.54 Å². The summed E-state index contributed by atoms with van der Waals surface area (Å²) < 4.78 is 10.7. The van der Waals surface area contributed by atoms with Gasteiger partial charge in [-0.15, -0.1) is 0 Å². The third-order valence-corrected chi connectivity index (χ3v) is 5.60. The zero-order valence-electron chi connectivity index (χ0n) is 17.3. The van der Waals surface area contributed by atoms with E-state index in [0.717, 1.165) is 43.0 Å². The number of benzene rings is 2. The Kier molecular flexibility index (Phi) is 6.57. The van der Waals surface area contributed by atoms with Crippen LogP contribution in [-0.2, 0) is 24.2 Å². The Morgan fingerprint density at radius 2 is 1.82 bits per heavy atom. The van der Waals surface area contributed by atoms with Gasteiger partial charge >= 0.3 is 0 Å². The first-order valence-corrected chi connectivity index (χ1v) is 9.84. The molecule has 28 heavy (non-hydrogen) atoms. The van der Waals surface area contributed by atoms with E-state index in [-0.39, 0.29) is 11.9 Å². The lowest BCUT2D eigenvalue weighted by molar-refractivity contribution is -0.136. The monoisotopic (exact) mass is 382 g/mol. The summed E-state index contributed by atoms with van der Waals surface area (Å²) in [5.74, 6) is 1.63. The molecule has 1 heterocycles. The van der Waals surface area contributed by atoms with Crippen LogP contribution >= 0.6 is 0 Å². The van der Waals surface area contributed by atoms with Crippen molar-refractivity contribution in [3.05, 3.63) is 59.2 Å². The summed E-state index contributed by atoms with van der Waals surface area (Å²) in [4.78, 5) is 17.3. The number of fused-ring (bicyclic) bond motifs is 1. The Morgan fingerprint density at radius 3 is 2.50 bits per heavy atom. The Labute approximate surface area is 167 Å². The third kappa shape index (κ3) is 4.30. The Bertz CT molecular complexity index is 821. The summed E-state index contributed by atoms with van der Waals surface area (Å²) in [5.41, 5.74) is 3.75. The van der Waals surface area contributed by atoms with Crippen LogP contribution in [0.1, 0.15) is 23.6 Å². The van der Waals surface area contributed by atoms with Crippen molar-refractivity contribution in [3.8, 4) is 11.5 Å². The van der Waals surface area contributed by atoms with Crippen LogP contribution < -0.4 is 9.47 Å². The molecular formula is C23H30N2O3. The second-order valence-electron chi connectivity index (χ2n) is 7.25. The van der Waals surface area contributed by atoms with Crippen molar-refractivity contribution < 1.29 is 14.3 Å². The van der Waals surface area contributed by atoms with E-state index in [1.807, 2.05) is 30.1 Å². The summed E-state index contributed by atoms with van der Waals surface area (Å²) in [6.07, 6.45) is 1.56. The summed E-state index contributed by atoms with van der Waals surface area (Å²) in [6, 6.07) is 14.3. The summed E-state index contributed by atoms with van der Waals surface area (Å²) in [7, 11) is 5.17. The minimum Gasteiger partial charge on any atom is -0.493 e. The fourth-order valence-electron chi connectivity index (χ4n) is 3.85. The fourth-order valence-corrected chi connectivity index (χ4v) is 3.85. The molecule has 0 radical (unpaired) electrons. The molecule has 1 aliphatic rings. The Balaban J connectivity index is 1.65. The van der Waals surface area contributed by atoms with E-state index in [1.165, 1.54) is 11.1 Å². The molecule has 1 unspecified atom stereocenters. The molecule has 1 atom stereocenters. The number of hydrogen-bond acceptors (Lipinski definition) is 4. The van der Waals surface area contributed by atoms with E-state index in [9.17, 15) is 4.79 Å². The van der Waals surface area contributed by atoms with E-state index >= 15 is 0 Å². The van der Waals surface area contributed by atoms with Gasteiger partial charge in [0.1, 0.15) is 0 Å². The number of rotatable bonds is 7. The van der Waals surface area contributed by atoms with Gasteiger partial charge in [0.15, 0.2) is 11.5 Å². The van der Waals surface area contributed by atoms with E-state index < -0.39 is 0 Å². The van der Waals surface area contributed by atoms with Gasteiger partial charge < -0.3 is 14.4 Å². The SMILES string of the molecule is CCN1Cc2ccccc2CC1C(=O)N(C)CCc1ccc(OC)c(OC)c1. The number of ether oxygens (including phenoxy) is 2. The number of carbonyl (C=O) groups is 1. The van der Waals surface area contributed by atoms with E-state index in [4.69, 9.17) is 9.47 Å². The van der Waals surface area contributed by atoms with Crippen molar-refractivity contribution in [2.45, 2.75) is 32.4 Å². The molecular weight excluding hydrogens is 352 g/mol. The predicted octanol–water partition coefficient (Wildman–Crippen LogP) is 3.15.